The Morgan fingerprint density at radius 3 is 2.02 bits per heavy atom. The van der Waals surface area contributed by atoms with Crippen LogP contribution in [-0.2, 0) is 35.1 Å². The standard InChI is InChI=1S/C32H47NO10/c1-3-4-5-8-11-14-24(34)15-12-9-6-7-10-13-16-26(32(42,31(40)41)22-28(36)37)29(38)33-27(30(39)43-2)21-23-17-19-25(35)20-18-23/h13,16-20,26-27,35,42H,3-12,14-15,21-22H2,1-2H3,(H,33,38)(H,36,37)(H,40,41)/b16-13+. The average molecular weight is 606 g/mol. The Kier molecular flexibility index (Phi) is 17.5. The molecule has 0 aliphatic heterocycles. The van der Waals surface area contributed by atoms with Crippen molar-refractivity contribution in [2.24, 2.45) is 5.92 Å². The highest BCUT2D eigenvalue weighted by atomic mass is 16.5. The molecule has 0 heterocycles. The van der Waals surface area contributed by atoms with E-state index in [4.69, 9.17) is 4.74 Å². The normalized spacial score (nSPS) is 14.0. The topological polar surface area (TPSA) is 188 Å². The minimum Gasteiger partial charge on any atom is -0.508 e. The van der Waals surface area contributed by atoms with Crippen molar-refractivity contribution in [1.29, 1.82) is 0 Å². The van der Waals surface area contributed by atoms with E-state index in [0.717, 1.165) is 58.1 Å². The fourth-order valence-electron chi connectivity index (χ4n) is 4.70. The smallest absolute Gasteiger partial charge is 0.337 e. The molecule has 3 unspecified atom stereocenters. The van der Waals surface area contributed by atoms with E-state index in [0.29, 0.717) is 31.2 Å². The van der Waals surface area contributed by atoms with Crippen molar-refractivity contribution in [3.63, 3.8) is 0 Å². The van der Waals surface area contributed by atoms with E-state index < -0.39 is 47.8 Å². The van der Waals surface area contributed by atoms with Crippen LogP contribution in [0.25, 0.3) is 0 Å². The summed E-state index contributed by atoms with van der Waals surface area (Å²) in [5.41, 5.74) is -2.43. The van der Waals surface area contributed by atoms with Crippen molar-refractivity contribution in [3.05, 3.63) is 42.0 Å². The Morgan fingerprint density at radius 1 is 0.907 bits per heavy atom. The third-order valence-electron chi connectivity index (χ3n) is 7.23. The van der Waals surface area contributed by atoms with Gasteiger partial charge in [0.25, 0.3) is 0 Å². The number of ketones is 1. The fourth-order valence-corrected chi connectivity index (χ4v) is 4.70. The van der Waals surface area contributed by atoms with Crippen molar-refractivity contribution >= 4 is 29.6 Å². The van der Waals surface area contributed by atoms with Crippen LogP contribution in [0.15, 0.2) is 36.4 Å². The van der Waals surface area contributed by atoms with Gasteiger partial charge in [0.1, 0.15) is 17.6 Å². The van der Waals surface area contributed by atoms with Gasteiger partial charge >= 0.3 is 17.9 Å². The molecule has 0 spiro atoms. The van der Waals surface area contributed by atoms with Crippen LogP contribution >= 0.6 is 0 Å². The number of hydrogen-bond acceptors (Lipinski definition) is 8. The molecule has 11 nitrogen and oxygen atoms in total. The Bertz CT molecular complexity index is 1070. The molecule has 5 N–H and O–H groups in total. The number of rotatable bonds is 23. The number of nitrogens with one attached hydrogen (secondary N) is 1. The molecule has 1 amide bonds. The number of carboxylic acids is 2. The summed E-state index contributed by atoms with van der Waals surface area (Å²) in [6.07, 6.45) is 11.5. The first kappa shape index (κ1) is 37.3. The third-order valence-corrected chi connectivity index (χ3v) is 7.23. The van der Waals surface area contributed by atoms with E-state index in [1.165, 1.54) is 36.8 Å². The van der Waals surface area contributed by atoms with Crippen molar-refractivity contribution in [1.82, 2.24) is 5.32 Å². The Morgan fingerprint density at radius 2 is 1.49 bits per heavy atom. The van der Waals surface area contributed by atoms with Crippen molar-refractivity contribution < 1.29 is 49.1 Å². The van der Waals surface area contributed by atoms with Crippen LogP contribution in [0.1, 0.15) is 96.0 Å². The summed E-state index contributed by atoms with van der Waals surface area (Å²) in [5.74, 6) is -6.99. The first-order valence-electron chi connectivity index (χ1n) is 15.0. The number of methoxy groups -OCH3 is 1. The van der Waals surface area contributed by atoms with Crippen LogP contribution in [0.2, 0.25) is 0 Å². The zero-order chi connectivity index (χ0) is 32.3. The molecule has 1 aromatic rings. The van der Waals surface area contributed by atoms with Crippen LogP contribution < -0.4 is 5.32 Å². The zero-order valence-electron chi connectivity index (χ0n) is 25.3. The van der Waals surface area contributed by atoms with E-state index in [1.807, 2.05) is 0 Å². The van der Waals surface area contributed by atoms with Gasteiger partial charge in [0.2, 0.25) is 5.91 Å². The maximum atomic E-state index is 13.3. The number of unbranched alkanes of at least 4 members (excludes halogenated alkanes) is 8. The molecule has 11 heteroatoms. The van der Waals surface area contributed by atoms with Gasteiger partial charge in [-0.1, -0.05) is 69.7 Å². The van der Waals surface area contributed by atoms with E-state index in [2.05, 4.69) is 12.2 Å². The largest absolute Gasteiger partial charge is 0.508 e. The first-order chi connectivity index (χ1) is 20.4. The number of aromatic hydroxyl groups is 1. The molecule has 240 valence electrons. The number of phenols is 1. The number of amides is 1. The van der Waals surface area contributed by atoms with Crippen LogP contribution in [0, 0.1) is 5.92 Å². The predicted molar refractivity (Wildman–Crippen MR) is 159 cm³/mol. The first-order valence-corrected chi connectivity index (χ1v) is 15.0. The lowest BCUT2D eigenvalue weighted by Crippen LogP contribution is -2.55. The van der Waals surface area contributed by atoms with E-state index in [1.54, 1.807) is 0 Å². The molecule has 0 radical (unpaired) electrons. The van der Waals surface area contributed by atoms with Gasteiger partial charge in [-0.05, 0) is 43.4 Å². The maximum Gasteiger partial charge on any atom is 0.337 e. The summed E-state index contributed by atoms with van der Waals surface area (Å²) in [4.78, 5) is 61.2. The highest BCUT2D eigenvalue weighted by Gasteiger charge is 2.49. The molecule has 1 rings (SSSR count). The van der Waals surface area contributed by atoms with Gasteiger partial charge in [0.15, 0.2) is 5.60 Å². The summed E-state index contributed by atoms with van der Waals surface area (Å²) < 4.78 is 4.76. The zero-order valence-corrected chi connectivity index (χ0v) is 25.3. The third kappa shape index (κ3) is 14.3. The highest BCUT2D eigenvalue weighted by molar-refractivity contribution is 5.94. The summed E-state index contributed by atoms with van der Waals surface area (Å²) in [7, 11) is 1.11. The molecule has 3 atom stereocenters. The quantitative estimate of drug-likeness (QED) is 0.0682. The molecule has 0 saturated heterocycles. The number of aliphatic carboxylic acids is 2. The molecule has 0 aromatic heterocycles. The van der Waals surface area contributed by atoms with Crippen molar-refractivity contribution in [2.45, 2.75) is 108 Å². The summed E-state index contributed by atoms with van der Waals surface area (Å²) in [6, 6.07) is 4.55. The van der Waals surface area contributed by atoms with Gasteiger partial charge in [-0.2, -0.15) is 0 Å². The van der Waals surface area contributed by atoms with E-state index in [9.17, 15) is 44.4 Å². The number of benzene rings is 1. The van der Waals surface area contributed by atoms with Crippen molar-refractivity contribution in [2.75, 3.05) is 7.11 Å². The van der Waals surface area contributed by atoms with Crippen LogP contribution in [0.5, 0.6) is 5.75 Å². The van der Waals surface area contributed by atoms with Crippen LogP contribution in [-0.4, -0.2) is 68.8 Å². The molecule has 1 aromatic carbocycles. The van der Waals surface area contributed by atoms with Crippen molar-refractivity contribution in [3.8, 4) is 5.75 Å². The minimum atomic E-state index is -2.98. The number of carbonyl (C=O) groups excluding carboxylic acids is 3. The Hall–Kier alpha value is -3.73. The summed E-state index contributed by atoms with van der Waals surface area (Å²) in [5, 5.41) is 41.8. The lowest BCUT2D eigenvalue weighted by Gasteiger charge is -2.29. The van der Waals surface area contributed by atoms with Gasteiger partial charge in [-0.3, -0.25) is 14.4 Å². The molecule has 0 fully saturated rings. The van der Waals surface area contributed by atoms with E-state index >= 15 is 0 Å². The van der Waals surface area contributed by atoms with Gasteiger partial charge in [-0.15, -0.1) is 0 Å². The number of hydrogen-bond donors (Lipinski definition) is 5. The highest BCUT2D eigenvalue weighted by Crippen LogP contribution is 2.26. The lowest BCUT2D eigenvalue weighted by molar-refractivity contribution is -0.172. The maximum absolute atomic E-state index is 13.3. The van der Waals surface area contributed by atoms with Crippen LogP contribution in [0.3, 0.4) is 0 Å². The Balaban J connectivity index is 2.82. The number of Topliss-reactive ketones (excluding diaryl/α,β-unsaturated/α-hetero) is 1. The molecule has 0 bridgehead atoms. The molecule has 0 aliphatic rings. The SMILES string of the molecule is CCCCCCCC(=O)CCCCCC/C=C/C(C(=O)NC(Cc1ccc(O)cc1)C(=O)OC)C(O)(CC(=O)O)C(=O)O. The summed E-state index contributed by atoms with van der Waals surface area (Å²) >= 11 is 0. The average Bonchev–Trinajstić information content (AvgIpc) is 2.95. The van der Waals surface area contributed by atoms with Crippen LogP contribution in [0.4, 0.5) is 0 Å². The van der Waals surface area contributed by atoms with Gasteiger partial charge in [0, 0.05) is 19.3 Å². The van der Waals surface area contributed by atoms with Gasteiger partial charge < -0.3 is 30.5 Å². The summed E-state index contributed by atoms with van der Waals surface area (Å²) in [6.45, 7) is 2.15. The number of carboxylic acid groups (broad SMARTS) is 2. The number of carbonyl (C=O) groups is 5. The second-order valence-electron chi connectivity index (χ2n) is 10.8. The molecular formula is C32H47NO10. The fraction of sp³-hybridized carbons (Fsp3) is 0.594. The number of aliphatic hydroxyl groups is 1. The number of esters is 1. The predicted octanol–water partition coefficient (Wildman–Crippen LogP) is 4.33. The molecule has 43 heavy (non-hydrogen) atoms. The lowest BCUT2D eigenvalue weighted by atomic mass is 9.82. The second kappa shape index (κ2) is 20.2. The number of allylic oxidation sites excluding steroid dienone is 1. The molecule has 0 aliphatic carbocycles. The van der Waals surface area contributed by atoms with Gasteiger partial charge in [0.05, 0.1) is 19.4 Å². The second-order valence-corrected chi connectivity index (χ2v) is 10.8. The molecular weight excluding hydrogens is 558 g/mol. The van der Waals surface area contributed by atoms with E-state index in [-0.39, 0.29) is 18.0 Å². The van der Waals surface area contributed by atoms with Gasteiger partial charge in [-0.25, -0.2) is 9.59 Å². The minimum absolute atomic E-state index is 0.00514. The monoisotopic (exact) mass is 605 g/mol. The Labute approximate surface area is 253 Å². The molecule has 0 saturated carbocycles. The number of phenolic OH excluding ortho intramolecular Hbond substituents is 1. The number of ether oxygens (including phenoxy) is 1.